The van der Waals surface area contributed by atoms with Crippen LogP contribution in [0.2, 0.25) is 0 Å². The highest BCUT2D eigenvalue weighted by Gasteiger charge is 2.15. The number of hydrogen-bond acceptors (Lipinski definition) is 4. The van der Waals surface area contributed by atoms with Crippen molar-refractivity contribution in [2.24, 2.45) is 12.8 Å². The summed E-state index contributed by atoms with van der Waals surface area (Å²) >= 11 is 0. The smallest absolute Gasteiger partial charge is 0.117 e. The Bertz CT molecular complexity index is 979. The van der Waals surface area contributed by atoms with E-state index in [1.54, 1.807) is 27.7 Å². The van der Waals surface area contributed by atoms with E-state index in [1.807, 2.05) is 20.0 Å². The van der Waals surface area contributed by atoms with Crippen LogP contribution >= 0.6 is 12.4 Å². The van der Waals surface area contributed by atoms with Gasteiger partial charge >= 0.3 is 0 Å². The molecule has 2 aromatic heterocycles. The van der Waals surface area contributed by atoms with E-state index < -0.39 is 0 Å². The van der Waals surface area contributed by atoms with Gasteiger partial charge in [0.25, 0.3) is 0 Å². The molecule has 0 bridgehead atoms. The molecule has 2 N–H and O–H groups in total. The summed E-state index contributed by atoms with van der Waals surface area (Å²) in [6.45, 7) is 2.08. The van der Waals surface area contributed by atoms with Crippen molar-refractivity contribution in [1.29, 1.82) is 5.26 Å². The molecule has 0 radical (unpaired) electrons. The minimum absolute atomic E-state index is 0. The number of nitrogens with two attached hydrogens (primary N) is 1. The molecule has 6 nitrogen and oxygen atoms in total. The lowest BCUT2D eigenvalue weighted by atomic mass is 10.1. The van der Waals surface area contributed by atoms with Crippen LogP contribution in [-0.4, -0.2) is 25.9 Å². The monoisotopic (exact) mass is 360 g/mol. The molecular formula is C17H18ClFN6. The normalized spacial score (nSPS) is 11.4. The number of benzene rings is 1. The highest BCUT2D eigenvalue weighted by molar-refractivity contribution is 5.92. The molecule has 25 heavy (non-hydrogen) atoms. The van der Waals surface area contributed by atoms with Crippen LogP contribution in [0.1, 0.15) is 11.3 Å². The predicted octanol–water partition coefficient (Wildman–Crippen LogP) is 2.85. The fourth-order valence-electron chi connectivity index (χ4n) is 2.77. The summed E-state index contributed by atoms with van der Waals surface area (Å²) < 4.78 is 17.2. The first-order valence-corrected chi connectivity index (χ1v) is 7.48. The minimum atomic E-state index is -0.336. The maximum absolute atomic E-state index is 13.8. The fraction of sp³-hybridized carbons (Fsp3) is 0.235. The molecule has 1 aromatic carbocycles. The molecule has 0 spiro atoms. The van der Waals surface area contributed by atoms with E-state index in [1.165, 1.54) is 6.08 Å². The second-order valence-electron chi connectivity index (χ2n) is 5.56. The van der Waals surface area contributed by atoms with Crippen molar-refractivity contribution in [3.63, 3.8) is 0 Å². The molecule has 0 amide bonds. The summed E-state index contributed by atoms with van der Waals surface area (Å²) in [5.74, 6) is -0.336. The van der Waals surface area contributed by atoms with Gasteiger partial charge in [-0.05, 0) is 31.2 Å². The summed E-state index contributed by atoms with van der Waals surface area (Å²) in [4.78, 5) is 4.42. The number of nitrogens with zero attached hydrogens (tertiary/aromatic N) is 5. The first-order chi connectivity index (χ1) is 11.5. The Morgan fingerprint density at radius 1 is 1.40 bits per heavy atom. The number of fused-ring (bicyclic) bond motifs is 1. The Morgan fingerprint density at radius 2 is 2.16 bits per heavy atom. The molecule has 130 valence electrons. The Kier molecular flexibility index (Phi) is 5.57. The highest BCUT2D eigenvalue weighted by Crippen LogP contribution is 2.30. The zero-order chi connectivity index (χ0) is 17.3. The van der Waals surface area contributed by atoms with Gasteiger partial charge in [0.05, 0.1) is 46.9 Å². The molecule has 0 fully saturated rings. The molecule has 2 heterocycles. The molecule has 0 aliphatic heterocycles. The van der Waals surface area contributed by atoms with E-state index in [0.29, 0.717) is 16.6 Å². The van der Waals surface area contributed by atoms with Crippen LogP contribution in [0.25, 0.3) is 22.3 Å². The number of aromatic nitrogens is 4. The van der Waals surface area contributed by atoms with Crippen LogP contribution in [-0.2, 0) is 13.6 Å². The lowest BCUT2D eigenvalue weighted by molar-refractivity contribution is 0.558. The Morgan fingerprint density at radius 3 is 2.76 bits per heavy atom. The largest absolute Gasteiger partial charge is 0.327 e. The number of imidazole rings is 1. The minimum Gasteiger partial charge on any atom is -0.327 e. The fourth-order valence-corrected chi connectivity index (χ4v) is 2.77. The van der Waals surface area contributed by atoms with Crippen molar-refractivity contribution in [3.8, 4) is 17.3 Å². The van der Waals surface area contributed by atoms with Gasteiger partial charge in [0.1, 0.15) is 5.83 Å². The number of allylic oxidation sites excluding steroid dienone is 1. The van der Waals surface area contributed by atoms with Crippen LogP contribution in [0, 0.1) is 18.3 Å². The van der Waals surface area contributed by atoms with E-state index in [0.717, 1.165) is 17.0 Å². The Hall–Kier alpha value is -2.69. The van der Waals surface area contributed by atoms with E-state index in [9.17, 15) is 9.65 Å². The van der Waals surface area contributed by atoms with Gasteiger partial charge in [-0.25, -0.2) is 9.37 Å². The third-order valence-corrected chi connectivity index (χ3v) is 3.79. The van der Waals surface area contributed by atoms with Crippen LogP contribution in [0.4, 0.5) is 4.39 Å². The standard InChI is InChI=1S/C17H17FN6.ClH/c1-11-5-15(23(2)22-11)14-6-12(8-20)7-16-17(14)21-10-24(16)9-13(18)3-4-19;/h3,5-7,10H,4,9,19H2,1-2H3;1H/b13-3-;. The SMILES string of the molecule is Cc1cc(-c2cc(C#N)cc3c2ncn3C/C(F)=C/CN)n(C)n1.Cl. The third kappa shape index (κ3) is 3.55. The summed E-state index contributed by atoms with van der Waals surface area (Å²) in [7, 11) is 1.84. The predicted molar refractivity (Wildman–Crippen MR) is 96.9 cm³/mol. The summed E-state index contributed by atoms with van der Waals surface area (Å²) in [5, 5.41) is 13.7. The van der Waals surface area contributed by atoms with Gasteiger partial charge in [-0.2, -0.15) is 10.4 Å². The number of hydrogen-bond donors (Lipinski definition) is 1. The molecule has 0 aliphatic carbocycles. The summed E-state index contributed by atoms with van der Waals surface area (Å²) in [6, 6.07) is 7.58. The Balaban J connectivity index is 0.00000225. The van der Waals surface area contributed by atoms with Crippen molar-refractivity contribution in [3.05, 3.63) is 47.7 Å². The van der Waals surface area contributed by atoms with E-state index >= 15 is 0 Å². The number of aryl methyl sites for hydroxylation is 2. The molecule has 3 aromatic rings. The van der Waals surface area contributed by atoms with E-state index in [2.05, 4.69) is 16.2 Å². The molecule has 0 atom stereocenters. The van der Waals surface area contributed by atoms with Crippen LogP contribution in [0.15, 0.2) is 36.4 Å². The van der Waals surface area contributed by atoms with E-state index in [4.69, 9.17) is 5.73 Å². The van der Waals surface area contributed by atoms with Gasteiger partial charge in [-0.15, -0.1) is 12.4 Å². The maximum atomic E-state index is 13.8. The van der Waals surface area contributed by atoms with Crippen molar-refractivity contribution in [1.82, 2.24) is 19.3 Å². The van der Waals surface area contributed by atoms with Gasteiger partial charge < -0.3 is 10.3 Å². The molecule has 0 unspecified atom stereocenters. The molecule has 0 aliphatic rings. The zero-order valence-electron chi connectivity index (χ0n) is 13.9. The van der Waals surface area contributed by atoms with Gasteiger partial charge in [-0.1, -0.05) is 0 Å². The molecule has 8 heteroatoms. The third-order valence-electron chi connectivity index (χ3n) is 3.79. The second kappa shape index (κ2) is 7.47. The van der Waals surface area contributed by atoms with Gasteiger partial charge in [0.15, 0.2) is 0 Å². The summed E-state index contributed by atoms with van der Waals surface area (Å²) in [5.41, 5.74) is 9.77. The van der Waals surface area contributed by atoms with Crippen molar-refractivity contribution in [2.75, 3.05) is 6.54 Å². The van der Waals surface area contributed by atoms with Crippen LogP contribution in [0.3, 0.4) is 0 Å². The highest BCUT2D eigenvalue weighted by atomic mass is 35.5. The average molecular weight is 361 g/mol. The molecule has 3 rings (SSSR count). The lowest BCUT2D eigenvalue weighted by Gasteiger charge is -2.07. The van der Waals surface area contributed by atoms with Crippen molar-refractivity contribution in [2.45, 2.75) is 13.5 Å². The molecular weight excluding hydrogens is 343 g/mol. The van der Waals surface area contributed by atoms with Crippen LogP contribution in [0.5, 0.6) is 0 Å². The van der Waals surface area contributed by atoms with Gasteiger partial charge in [-0.3, -0.25) is 4.68 Å². The Labute approximate surface area is 150 Å². The lowest BCUT2D eigenvalue weighted by Crippen LogP contribution is -2.01. The molecule has 0 saturated heterocycles. The van der Waals surface area contributed by atoms with Crippen molar-refractivity contribution < 1.29 is 4.39 Å². The molecule has 0 saturated carbocycles. The zero-order valence-corrected chi connectivity index (χ0v) is 14.7. The maximum Gasteiger partial charge on any atom is 0.117 e. The van der Waals surface area contributed by atoms with Gasteiger partial charge in [0.2, 0.25) is 0 Å². The number of rotatable bonds is 4. The summed E-state index contributed by atoms with van der Waals surface area (Å²) in [6.07, 6.45) is 2.90. The first kappa shape index (κ1) is 18.6. The number of halogens is 2. The first-order valence-electron chi connectivity index (χ1n) is 7.48. The number of nitriles is 1. The topological polar surface area (TPSA) is 85.5 Å². The second-order valence-corrected chi connectivity index (χ2v) is 5.56. The van der Waals surface area contributed by atoms with Gasteiger partial charge in [0, 0.05) is 19.2 Å². The average Bonchev–Trinajstić information content (AvgIpc) is 3.09. The quantitative estimate of drug-likeness (QED) is 0.775. The van der Waals surface area contributed by atoms with E-state index in [-0.39, 0.29) is 31.3 Å². The van der Waals surface area contributed by atoms with Crippen molar-refractivity contribution >= 4 is 23.4 Å². The van der Waals surface area contributed by atoms with Crippen LogP contribution < -0.4 is 5.73 Å².